The van der Waals surface area contributed by atoms with E-state index in [1.165, 1.54) is 25.7 Å². The van der Waals surface area contributed by atoms with Gasteiger partial charge in [0.1, 0.15) is 12.6 Å². The van der Waals surface area contributed by atoms with Gasteiger partial charge in [-0.2, -0.15) is 0 Å². The molecule has 0 aromatic rings. The summed E-state index contributed by atoms with van der Waals surface area (Å²) in [5, 5.41) is 11.6. The molecule has 0 heterocycles. The molecular formula is C40H67NO7. The molecule has 48 heavy (non-hydrogen) atoms. The van der Waals surface area contributed by atoms with Gasteiger partial charge in [0.2, 0.25) is 0 Å². The van der Waals surface area contributed by atoms with Gasteiger partial charge < -0.3 is 28.6 Å². The number of carbonyl (C=O) groups is 3. The third-order valence-corrected chi connectivity index (χ3v) is 7.73. The molecule has 0 radical (unpaired) electrons. The average Bonchev–Trinajstić information content (AvgIpc) is 3.03. The van der Waals surface area contributed by atoms with E-state index >= 15 is 0 Å². The first-order valence-corrected chi connectivity index (χ1v) is 18.4. The summed E-state index contributed by atoms with van der Waals surface area (Å²) in [6.45, 7) is 4.39. The van der Waals surface area contributed by atoms with Crippen molar-refractivity contribution < 1.29 is 38.2 Å². The molecule has 0 saturated carbocycles. The minimum absolute atomic E-state index is 0.0194. The Labute approximate surface area is 292 Å². The van der Waals surface area contributed by atoms with Crippen LogP contribution in [0.4, 0.5) is 0 Å². The summed E-state index contributed by atoms with van der Waals surface area (Å²) >= 11 is 0. The minimum atomic E-state index is -1.14. The summed E-state index contributed by atoms with van der Waals surface area (Å²) in [7, 11) is 5.37. The van der Waals surface area contributed by atoms with Gasteiger partial charge in [-0.05, 0) is 51.4 Å². The van der Waals surface area contributed by atoms with Crippen LogP contribution in [0.2, 0.25) is 0 Å². The van der Waals surface area contributed by atoms with E-state index in [4.69, 9.17) is 14.2 Å². The van der Waals surface area contributed by atoms with Crippen molar-refractivity contribution in [3.63, 3.8) is 0 Å². The maximum Gasteiger partial charge on any atom is 0.306 e. The van der Waals surface area contributed by atoms with Crippen molar-refractivity contribution in [1.82, 2.24) is 0 Å². The number of quaternary nitrogens is 1. The lowest BCUT2D eigenvalue weighted by molar-refractivity contribution is -0.889. The quantitative estimate of drug-likeness (QED) is 0.0244. The zero-order chi connectivity index (χ0) is 35.7. The van der Waals surface area contributed by atoms with Gasteiger partial charge in [0.15, 0.2) is 6.10 Å². The van der Waals surface area contributed by atoms with Gasteiger partial charge in [-0.1, -0.05) is 113 Å². The topological polar surface area (TPSA) is 102 Å². The lowest BCUT2D eigenvalue weighted by atomic mass is 10.1. The maximum absolute atomic E-state index is 12.6. The molecule has 0 bridgehead atoms. The number of aliphatic carboxylic acids is 1. The molecule has 0 aromatic carbocycles. The van der Waals surface area contributed by atoms with Gasteiger partial charge in [0, 0.05) is 19.3 Å². The molecule has 0 aliphatic heterocycles. The molecule has 2 unspecified atom stereocenters. The fourth-order valence-corrected chi connectivity index (χ4v) is 4.85. The van der Waals surface area contributed by atoms with Crippen LogP contribution in [0.1, 0.15) is 123 Å². The Hall–Kier alpha value is -2.97. The number of ether oxygens (including phenoxy) is 3. The molecule has 8 nitrogen and oxygen atoms in total. The van der Waals surface area contributed by atoms with E-state index in [9.17, 15) is 19.5 Å². The lowest BCUT2D eigenvalue weighted by Gasteiger charge is -2.34. The van der Waals surface area contributed by atoms with Gasteiger partial charge in [-0.3, -0.25) is 9.59 Å². The fraction of sp³-hybridized carbons (Fsp3) is 0.675. The molecule has 0 aromatic heterocycles. The van der Waals surface area contributed by atoms with Crippen LogP contribution in [0.25, 0.3) is 0 Å². The predicted molar refractivity (Wildman–Crippen MR) is 194 cm³/mol. The van der Waals surface area contributed by atoms with Crippen LogP contribution in [0, 0.1) is 0 Å². The van der Waals surface area contributed by atoms with Crippen molar-refractivity contribution in [2.24, 2.45) is 0 Å². The third-order valence-electron chi connectivity index (χ3n) is 7.73. The van der Waals surface area contributed by atoms with E-state index in [-0.39, 0.29) is 49.1 Å². The summed E-state index contributed by atoms with van der Waals surface area (Å²) in [5.74, 6) is -1.82. The first-order chi connectivity index (χ1) is 23.1. The Balaban J connectivity index is 4.53. The third kappa shape index (κ3) is 29.2. The second kappa shape index (κ2) is 31.3. The van der Waals surface area contributed by atoms with Crippen LogP contribution >= 0.6 is 0 Å². The Bertz CT molecular complexity index is 975. The molecule has 0 spiro atoms. The normalized spacial score (nSPS) is 13.8. The standard InChI is InChI=1S/C40H67NO7/c1-6-8-10-12-14-16-17-18-19-20-21-23-25-27-29-31-39(43)48-36(34-46-33-32-37(40(44)45)41(3,4)5)35-47-38(42)30-28-26-24-22-15-13-11-9-7-2/h8,10,12,14,16-19,22,24,36-37H,6-7,9,11,13,15,20-21,23,25-35H2,1-5H3/b10-8+,14-12+,17-16+,19-18+,24-22+. The summed E-state index contributed by atoms with van der Waals surface area (Å²) in [6.07, 6.45) is 35.4. The molecule has 0 aliphatic rings. The molecule has 0 saturated heterocycles. The Kier molecular flexibility index (Phi) is 29.4. The highest BCUT2D eigenvalue weighted by atomic mass is 16.6. The Morgan fingerprint density at radius 2 is 1.21 bits per heavy atom. The minimum Gasteiger partial charge on any atom is -0.544 e. The Morgan fingerprint density at radius 1 is 0.646 bits per heavy atom. The number of carboxylic acid groups (broad SMARTS) is 1. The van der Waals surface area contributed by atoms with E-state index in [2.05, 4.69) is 44.2 Å². The summed E-state index contributed by atoms with van der Waals surface area (Å²) in [4.78, 5) is 36.5. The molecule has 0 aliphatic carbocycles. The second-order valence-electron chi connectivity index (χ2n) is 13.2. The highest BCUT2D eigenvalue weighted by Gasteiger charge is 2.25. The summed E-state index contributed by atoms with van der Waals surface area (Å²) < 4.78 is 17.0. The first-order valence-electron chi connectivity index (χ1n) is 18.4. The second-order valence-corrected chi connectivity index (χ2v) is 13.2. The number of nitrogens with zero attached hydrogens (tertiary/aromatic N) is 1. The number of hydrogen-bond donors (Lipinski definition) is 0. The van der Waals surface area contributed by atoms with Crippen LogP contribution < -0.4 is 5.11 Å². The largest absolute Gasteiger partial charge is 0.544 e. The van der Waals surface area contributed by atoms with Crippen molar-refractivity contribution >= 4 is 17.9 Å². The molecule has 274 valence electrons. The number of likely N-dealkylation sites (N-methyl/N-ethyl adjacent to an activating group) is 1. The van der Waals surface area contributed by atoms with Gasteiger partial charge in [0.05, 0.1) is 40.3 Å². The van der Waals surface area contributed by atoms with Gasteiger partial charge in [-0.15, -0.1) is 0 Å². The van der Waals surface area contributed by atoms with Crippen LogP contribution in [-0.2, 0) is 28.6 Å². The van der Waals surface area contributed by atoms with Crippen molar-refractivity contribution in [2.75, 3.05) is 41.0 Å². The first kappa shape index (κ1) is 45.0. The summed E-state index contributed by atoms with van der Waals surface area (Å²) in [6, 6.07) is -0.734. The van der Waals surface area contributed by atoms with Crippen molar-refractivity contribution in [1.29, 1.82) is 0 Å². The number of rotatable bonds is 31. The van der Waals surface area contributed by atoms with Crippen molar-refractivity contribution in [3.8, 4) is 0 Å². The smallest absolute Gasteiger partial charge is 0.306 e. The summed E-state index contributed by atoms with van der Waals surface area (Å²) in [5.41, 5.74) is 0. The molecule has 0 fully saturated rings. The highest BCUT2D eigenvalue weighted by Crippen LogP contribution is 2.11. The molecule has 0 N–H and O–H groups in total. The van der Waals surface area contributed by atoms with E-state index in [1.54, 1.807) is 21.1 Å². The number of carbonyl (C=O) groups excluding carboxylic acids is 3. The number of esters is 2. The van der Waals surface area contributed by atoms with Crippen molar-refractivity contribution in [2.45, 2.75) is 135 Å². The Morgan fingerprint density at radius 3 is 1.85 bits per heavy atom. The van der Waals surface area contributed by atoms with Crippen molar-refractivity contribution in [3.05, 3.63) is 60.8 Å². The number of allylic oxidation sites excluding steroid dienone is 10. The molecular weight excluding hydrogens is 606 g/mol. The molecule has 8 heteroatoms. The molecule has 2 atom stereocenters. The molecule has 0 amide bonds. The SMILES string of the molecule is CC/C=C/C=C/C=C/C=C/CCCCCCCC(=O)OC(COCCC(C(=O)[O-])[N+](C)(C)C)COC(=O)CCC/C=C/CCCCCC. The van der Waals surface area contributed by atoms with Crippen LogP contribution in [0.15, 0.2) is 60.8 Å². The lowest BCUT2D eigenvalue weighted by Crippen LogP contribution is -2.55. The average molecular weight is 674 g/mol. The van der Waals surface area contributed by atoms with Gasteiger partial charge >= 0.3 is 11.9 Å². The monoisotopic (exact) mass is 673 g/mol. The van der Waals surface area contributed by atoms with E-state index in [0.717, 1.165) is 57.8 Å². The van der Waals surface area contributed by atoms with E-state index in [1.807, 2.05) is 30.4 Å². The number of carboxylic acids is 1. The predicted octanol–water partition coefficient (Wildman–Crippen LogP) is 7.74. The van der Waals surface area contributed by atoms with Crippen LogP contribution in [0.5, 0.6) is 0 Å². The maximum atomic E-state index is 12.6. The van der Waals surface area contributed by atoms with E-state index < -0.39 is 18.1 Å². The number of unbranched alkanes of at least 4 members (excludes halogenated alkanes) is 10. The van der Waals surface area contributed by atoms with E-state index in [0.29, 0.717) is 12.8 Å². The number of hydrogen-bond acceptors (Lipinski definition) is 7. The highest BCUT2D eigenvalue weighted by molar-refractivity contribution is 5.70. The van der Waals surface area contributed by atoms with Crippen LogP contribution in [-0.4, -0.2) is 75.5 Å². The molecule has 0 rings (SSSR count). The fourth-order valence-electron chi connectivity index (χ4n) is 4.85. The van der Waals surface area contributed by atoms with Crippen LogP contribution in [0.3, 0.4) is 0 Å². The van der Waals surface area contributed by atoms with Gasteiger partial charge in [0.25, 0.3) is 0 Å². The zero-order valence-corrected chi connectivity index (χ0v) is 30.9. The zero-order valence-electron chi connectivity index (χ0n) is 30.9. The van der Waals surface area contributed by atoms with Gasteiger partial charge in [-0.25, -0.2) is 0 Å².